The lowest BCUT2D eigenvalue weighted by atomic mass is 9.96. The van der Waals surface area contributed by atoms with Gasteiger partial charge in [-0.05, 0) is 5.21 Å². The number of halogens is 15. The van der Waals surface area contributed by atoms with Gasteiger partial charge in [0.2, 0.25) is 0 Å². The van der Waals surface area contributed by atoms with E-state index < -0.39 is 53.2 Å². The van der Waals surface area contributed by atoms with Crippen molar-refractivity contribution in [3.8, 4) is 0 Å². The minimum absolute atomic E-state index is 1.54. The molecule has 27 heavy (non-hydrogen) atoms. The molecular formula is C9F15N3. The van der Waals surface area contributed by atoms with Crippen LogP contribution >= 0.6 is 0 Å². The Morgan fingerprint density at radius 1 is 0.407 bits per heavy atom. The Kier molecular flexibility index (Phi) is 5.09. The Hall–Kier alpha value is -2.04. The molecule has 1 heterocycles. The third-order valence-electron chi connectivity index (χ3n) is 2.74. The number of hydrogen-bond donors (Lipinski definition) is 0. The molecule has 0 atom stereocenters. The number of aromatic nitrogens is 3. The van der Waals surface area contributed by atoms with Gasteiger partial charge in [-0.15, -0.1) is 10.2 Å². The van der Waals surface area contributed by atoms with Crippen LogP contribution in [-0.4, -0.2) is 33.9 Å². The number of nitrogens with zero attached hydrogens (tertiary/aromatic N) is 3. The Morgan fingerprint density at radius 2 is 0.667 bits per heavy atom. The summed E-state index contributed by atoms with van der Waals surface area (Å²) >= 11 is 0. The van der Waals surface area contributed by atoms with Gasteiger partial charge in [-0.3, -0.25) is 0 Å². The molecule has 0 N–H and O–H groups in total. The average Bonchev–Trinajstić information content (AvgIpc) is 2.42. The summed E-state index contributed by atoms with van der Waals surface area (Å²) in [6.45, 7) is 0. The molecule has 0 aliphatic rings. The largest absolute Gasteiger partial charge is 0.459 e. The van der Waals surface area contributed by atoms with Crippen LogP contribution in [0.5, 0.6) is 0 Å². The van der Waals surface area contributed by atoms with Crippen LogP contribution in [0.4, 0.5) is 65.9 Å². The molecular weight excluding hydrogens is 435 g/mol. The van der Waals surface area contributed by atoms with E-state index in [1.54, 1.807) is 15.4 Å². The second-order valence-corrected chi connectivity index (χ2v) is 4.58. The molecule has 0 radical (unpaired) electrons. The van der Waals surface area contributed by atoms with Gasteiger partial charge in [0.15, 0.2) is 11.4 Å². The molecule has 1 rings (SSSR count). The molecule has 0 spiro atoms. The van der Waals surface area contributed by atoms with Crippen molar-refractivity contribution in [1.29, 1.82) is 0 Å². The molecule has 1 aromatic rings. The number of alkyl halides is 15. The van der Waals surface area contributed by atoms with Crippen LogP contribution in [0.1, 0.15) is 17.0 Å². The summed E-state index contributed by atoms with van der Waals surface area (Å²) < 4.78 is 190. The highest BCUT2D eigenvalue weighted by atomic mass is 19.4. The Morgan fingerprint density at radius 3 is 0.889 bits per heavy atom. The van der Waals surface area contributed by atoms with Crippen molar-refractivity contribution in [2.75, 3.05) is 0 Å². The van der Waals surface area contributed by atoms with Crippen LogP contribution in [0.2, 0.25) is 0 Å². The van der Waals surface area contributed by atoms with E-state index in [1.807, 2.05) is 0 Å². The van der Waals surface area contributed by atoms with E-state index in [-0.39, 0.29) is 0 Å². The van der Waals surface area contributed by atoms with Gasteiger partial charge >= 0.3 is 36.3 Å². The third kappa shape index (κ3) is 3.56. The highest BCUT2D eigenvalue weighted by Crippen LogP contribution is 2.55. The normalized spacial score (nSPS) is 15.2. The van der Waals surface area contributed by atoms with E-state index in [4.69, 9.17) is 0 Å². The van der Waals surface area contributed by atoms with Crippen molar-refractivity contribution >= 4 is 0 Å². The minimum atomic E-state index is -7.18. The van der Waals surface area contributed by atoms with Gasteiger partial charge in [0.25, 0.3) is 0 Å². The SMILES string of the molecule is FC(F)(F)C(F)(F)c1nnnc(C(F)(F)C(F)(F)F)c1C(F)(F)C(F)(F)F. The molecule has 0 saturated carbocycles. The summed E-state index contributed by atoms with van der Waals surface area (Å²) in [5, 5.41) is 4.72. The van der Waals surface area contributed by atoms with Gasteiger partial charge in [0.05, 0.1) is 5.56 Å². The van der Waals surface area contributed by atoms with E-state index in [0.29, 0.717) is 0 Å². The molecule has 0 bridgehead atoms. The van der Waals surface area contributed by atoms with Crippen LogP contribution in [0.25, 0.3) is 0 Å². The fourth-order valence-electron chi connectivity index (χ4n) is 1.47. The van der Waals surface area contributed by atoms with E-state index in [1.165, 1.54) is 0 Å². The summed E-state index contributed by atoms with van der Waals surface area (Å²) in [6.07, 6.45) is -21.2. The Bertz CT molecular complexity index is 654. The van der Waals surface area contributed by atoms with Crippen molar-refractivity contribution in [3.63, 3.8) is 0 Å². The van der Waals surface area contributed by atoms with Gasteiger partial charge < -0.3 is 0 Å². The molecule has 0 unspecified atom stereocenters. The lowest BCUT2D eigenvalue weighted by molar-refractivity contribution is -0.310. The second-order valence-electron chi connectivity index (χ2n) is 4.58. The zero-order chi connectivity index (χ0) is 21.9. The van der Waals surface area contributed by atoms with Crippen LogP contribution in [-0.2, 0) is 17.8 Å². The highest BCUT2D eigenvalue weighted by molar-refractivity contribution is 5.36. The van der Waals surface area contributed by atoms with Crippen molar-refractivity contribution in [2.45, 2.75) is 36.3 Å². The zero-order valence-electron chi connectivity index (χ0n) is 11.5. The van der Waals surface area contributed by atoms with Crippen molar-refractivity contribution in [2.24, 2.45) is 0 Å². The second kappa shape index (κ2) is 5.98. The van der Waals surface area contributed by atoms with Crippen molar-refractivity contribution < 1.29 is 65.9 Å². The van der Waals surface area contributed by atoms with Gasteiger partial charge in [0.1, 0.15) is 0 Å². The predicted octanol–water partition coefficient (Wildman–Crippen LogP) is 4.83. The van der Waals surface area contributed by atoms with Crippen LogP contribution < -0.4 is 0 Å². The van der Waals surface area contributed by atoms with Crippen LogP contribution in [0.3, 0.4) is 0 Å². The summed E-state index contributed by atoms with van der Waals surface area (Å²) in [5.74, 6) is -20.7. The molecule has 0 saturated heterocycles. The molecule has 156 valence electrons. The van der Waals surface area contributed by atoms with E-state index >= 15 is 0 Å². The molecule has 0 aliphatic heterocycles. The van der Waals surface area contributed by atoms with E-state index in [9.17, 15) is 65.9 Å². The lowest BCUT2D eigenvalue weighted by Gasteiger charge is -2.29. The van der Waals surface area contributed by atoms with Crippen molar-refractivity contribution in [1.82, 2.24) is 15.4 Å². The molecule has 1 aromatic heterocycles. The zero-order valence-corrected chi connectivity index (χ0v) is 11.5. The topological polar surface area (TPSA) is 38.7 Å². The molecule has 0 amide bonds. The first-order valence-corrected chi connectivity index (χ1v) is 5.68. The molecule has 0 aromatic carbocycles. The van der Waals surface area contributed by atoms with Gasteiger partial charge in [0, 0.05) is 0 Å². The molecule has 18 heteroatoms. The van der Waals surface area contributed by atoms with Gasteiger partial charge in [-0.1, -0.05) is 0 Å². The smallest absolute Gasteiger partial charge is 0.191 e. The van der Waals surface area contributed by atoms with Crippen molar-refractivity contribution in [3.05, 3.63) is 17.0 Å². The molecule has 3 nitrogen and oxygen atoms in total. The van der Waals surface area contributed by atoms with Gasteiger partial charge in [-0.25, -0.2) is 0 Å². The average molecular weight is 435 g/mol. The standard InChI is InChI=1S/C9F15N3/c10-4(11,7(16,17)18)1-2(5(12,13)8(19,20)21)25-27-26-3(1)6(14,15)9(22,23)24. The fourth-order valence-corrected chi connectivity index (χ4v) is 1.47. The summed E-state index contributed by atoms with van der Waals surface area (Å²) in [5.41, 5.74) is -11.7. The minimum Gasteiger partial charge on any atom is -0.191 e. The molecule has 0 aliphatic carbocycles. The monoisotopic (exact) mass is 435 g/mol. The Balaban J connectivity index is 4.10. The maximum Gasteiger partial charge on any atom is 0.459 e. The lowest BCUT2D eigenvalue weighted by Crippen LogP contribution is -2.45. The quantitative estimate of drug-likeness (QED) is 0.639. The first kappa shape index (κ1) is 23.0. The third-order valence-corrected chi connectivity index (χ3v) is 2.74. The maximum absolute atomic E-state index is 13.4. The first-order valence-electron chi connectivity index (χ1n) is 5.68. The van der Waals surface area contributed by atoms with Gasteiger partial charge in [-0.2, -0.15) is 65.9 Å². The predicted molar refractivity (Wildman–Crippen MR) is 49.7 cm³/mol. The van der Waals surface area contributed by atoms with E-state index in [0.717, 1.165) is 0 Å². The van der Waals surface area contributed by atoms with E-state index in [2.05, 4.69) is 0 Å². The fraction of sp³-hybridized carbons (Fsp3) is 0.667. The Labute approximate surface area is 136 Å². The maximum atomic E-state index is 13.4. The summed E-state index contributed by atoms with van der Waals surface area (Å²) in [4.78, 5) is 0. The molecule has 0 fully saturated rings. The summed E-state index contributed by atoms with van der Waals surface area (Å²) in [7, 11) is 0. The highest BCUT2D eigenvalue weighted by Gasteiger charge is 2.72. The van der Waals surface area contributed by atoms with Crippen LogP contribution in [0.15, 0.2) is 0 Å². The number of hydrogen-bond acceptors (Lipinski definition) is 3. The van der Waals surface area contributed by atoms with Crippen LogP contribution in [0, 0.1) is 0 Å². The first-order chi connectivity index (χ1) is 11.6. The summed E-state index contributed by atoms with van der Waals surface area (Å²) in [6, 6.07) is 0. The number of rotatable bonds is 3.